The number of amides is 10. The van der Waals surface area contributed by atoms with E-state index in [0.717, 1.165) is 0 Å². The molecule has 2 heterocycles. The Morgan fingerprint density at radius 2 is 1.23 bits per heavy atom. The second-order valence-electron chi connectivity index (χ2n) is 19.9. The van der Waals surface area contributed by atoms with Crippen molar-refractivity contribution in [2.75, 3.05) is 68.5 Å². The highest BCUT2D eigenvalue weighted by Gasteiger charge is 2.32. The fourth-order valence-corrected chi connectivity index (χ4v) is 9.12. The van der Waals surface area contributed by atoms with Crippen LogP contribution in [0.25, 0.3) is 11.2 Å². The Balaban J connectivity index is 1.59. The number of hydrogen-bond acceptors (Lipinski definition) is 26. The van der Waals surface area contributed by atoms with Crippen LogP contribution in [0, 0.1) is 5.92 Å². The molecule has 21 N–H and O–H groups in total. The first-order chi connectivity index (χ1) is 43.2. The molecule has 0 spiro atoms. The van der Waals surface area contributed by atoms with Crippen LogP contribution in [-0.4, -0.2) is 227 Å². The predicted octanol–water partition coefficient (Wildman–Crippen LogP) is -5.92. The molecule has 39 heteroatoms. The number of carbonyl (C=O) groups is 12. The van der Waals surface area contributed by atoms with E-state index in [1.807, 2.05) is 0 Å². The van der Waals surface area contributed by atoms with E-state index in [0.29, 0.717) is 22.9 Å². The molecule has 0 saturated carbocycles. The molecule has 7 atom stereocenters. The summed E-state index contributed by atoms with van der Waals surface area (Å²) in [6, 6.07) is 1.25. The average Bonchev–Trinajstić information content (AvgIpc) is 0.929. The number of hydrazine groups is 1. The van der Waals surface area contributed by atoms with Crippen LogP contribution in [0.1, 0.15) is 81.3 Å². The molecule has 10 amide bonds. The van der Waals surface area contributed by atoms with Crippen molar-refractivity contribution in [1.82, 2.24) is 73.3 Å². The highest BCUT2D eigenvalue weighted by molar-refractivity contribution is 8.76. The van der Waals surface area contributed by atoms with E-state index in [-0.39, 0.29) is 67.7 Å². The number of carboxylic acid groups (broad SMARTS) is 2. The average molecular weight is 1330 g/mol. The number of benzene rings is 1. The van der Waals surface area contributed by atoms with Gasteiger partial charge >= 0.3 is 18.0 Å². The number of hydrogen-bond donors (Lipinski definition) is 20. The molecule has 3 aromatic rings. The second kappa shape index (κ2) is 40.6. The summed E-state index contributed by atoms with van der Waals surface area (Å²) in [4.78, 5) is 178. The van der Waals surface area contributed by atoms with Gasteiger partial charge in [0.05, 0.1) is 44.2 Å². The van der Waals surface area contributed by atoms with Crippen molar-refractivity contribution in [3.05, 3.63) is 52.1 Å². The number of carboxylic acids is 2. The molecule has 0 bridgehead atoms. The summed E-state index contributed by atoms with van der Waals surface area (Å²) in [5, 5.41) is 89.7. The van der Waals surface area contributed by atoms with Crippen LogP contribution < -0.4 is 70.0 Å². The number of carbonyl (C=O) groups excluding carboxylic acids is 10. The summed E-state index contributed by atoms with van der Waals surface area (Å²) in [5.41, 5.74) is 10.6. The zero-order valence-corrected chi connectivity index (χ0v) is 50.9. The van der Waals surface area contributed by atoms with Crippen LogP contribution >= 0.6 is 21.6 Å². The number of nitrogens with zero attached hydrogens (tertiary/aromatic N) is 3. The van der Waals surface area contributed by atoms with Gasteiger partial charge in [-0.15, -0.1) is 0 Å². The third kappa shape index (κ3) is 29.9. The lowest BCUT2D eigenvalue weighted by Crippen LogP contribution is -2.55. The van der Waals surface area contributed by atoms with Gasteiger partial charge in [0.15, 0.2) is 11.2 Å². The summed E-state index contributed by atoms with van der Waals surface area (Å²) in [7, 11) is 2.64. The van der Waals surface area contributed by atoms with Crippen LogP contribution in [0.15, 0.2) is 35.3 Å². The van der Waals surface area contributed by atoms with Gasteiger partial charge in [-0.1, -0.05) is 35.4 Å². The minimum atomic E-state index is -2.04. The smallest absolute Gasteiger partial charge is 0.426 e. The lowest BCUT2D eigenvalue weighted by atomic mass is 10.0. The molecule has 502 valence electrons. The number of aliphatic hydroxyl groups excluding tert-OH is 5. The minimum absolute atomic E-state index is 0.00613. The Kier molecular flexibility index (Phi) is 34.0. The first kappa shape index (κ1) is 76.2. The number of aliphatic hydroxyl groups is 5. The Labute approximate surface area is 525 Å². The van der Waals surface area contributed by atoms with E-state index in [1.54, 1.807) is 26.0 Å². The van der Waals surface area contributed by atoms with Crippen LogP contribution in [0.4, 0.5) is 16.4 Å². The molecule has 2 aromatic heterocycles. The summed E-state index contributed by atoms with van der Waals surface area (Å²) in [5.74, 6) is -10.1. The lowest BCUT2D eigenvalue weighted by molar-refractivity contribution is -0.138. The Morgan fingerprint density at radius 3 is 1.87 bits per heavy atom. The number of fused-ring (bicyclic) bond motifs is 1. The monoisotopic (exact) mass is 1320 g/mol. The van der Waals surface area contributed by atoms with Crippen molar-refractivity contribution < 1.29 is 98.0 Å². The summed E-state index contributed by atoms with van der Waals surface area (Å²) in [6.07, 6.45) is -11.2. The van der Waals surface area contributed by atoms with E-state index < -0.39 is 184 Å². The summed E-state index contributed by atoms with van der Waals surface area (Å²) < 4.78 is 4.93. The van der Waals surface area contributed by atoms with E-state index in [1.165, 1.54) is 39.9 Å². The maximum Gasteiger partial charge on any atom is 0.426 e. The van der Waals surface area contributed by atoms with Gasteiger partial charge in [0, 0.05) is 74.0 Å². The fraction of sp³-hybridized carbons (Fsp3) is 0.538. The highest BCUT2D eigenvalue weighted by atomic mass is 33.1. The van der Waals surface area contributed by atoms with Gasteiger partial charge in [-0.2, -0.15) is 4.98 Å². The molecular weight excluding hydrogens is 1250 g/mol. The standard InChI is InChI=1S/C52H76N16O21S2/c1-26(2)45(82)67-68-52(88)89-17-19-91-90-18-16-54-37(74)23-59-47(84)30(10-13-39(76)77)63-38(75)24-60-48(85)31(11-14-40(78)79)64-49(86)32(9-12-35(72)57-22-33(70)42(80)43(81)34(71)25-69)62-36(73)4-3-15-55-46(83)27-5-7-28(8-6-27)56-20-29-21-58-44-41(61-29)50(87)66-51(53)65-44/h5-8,21,26,30-34,42-43,56,69-71,80-81H,3-4,9-20,22-25H2,1-2H3,(H,54,74)(H,55,83)(H,57,72)(H,59,84)(H,60,85)(H,62,73)(H,63,75)(H,64,86)(H,67,82)(H,68,88)(H,76,77)(H,78,79)(H3,53,58,65,66,87)/t30-,31-,32-,33-,34+,42+,43+/m0/s1. The second-order valence-corrected chi connectivity index (χ2v) is 22.6. The molecular formula is C52H76N16O21S2. The number of anilines is 2. The molecule has 3 rings (SSSR count). The van der Waals surface area contributed by atoms with Gasteiger partial charge in [0.25, 0.3) is 11.5 Å². The zero-order chi connectivity index (χ0) is 67.6. The van der Waals surface area contributed by atoms with Gasteiger partial charge in [-0.05, 0) is 49.9 Å². The number of nitrogens with one attached hydrogen (secondary N) is 12. The maximum atomic E-state index is 13.9. The predicted molar refractivity (Wildman–Crippen MR) is 322 cm³/mol. The van der Waals surface area contributed by atoms with E-state index in [9.17, 15) is 93.0 Å². The molecule has 1 aromatic carbocycles. The third-order valence-electron chi connectivity index (χ3n) is 12.3. The molecule has 0 aliphatic rings. The molecule has 0 saturated heterocycles. The maximum absolute atomic E-state index is 13.9. The van der Waals surface area contributed by atoms with Crippen molar-refractivity contribution in [3.8, 4) is 0 Å². The number of nitrogens with two attached hydrogens (primary N) is 1. The van der Waals surface area contributed by atoms with Gasteiger partial charge in [0.1, 0.15) is 43.0 Å². The molecule has 0 aliphatic carbocycles. The molecule has 37 nitrogen and oxygen atoms in total. The van der Waals surface area contributed by atoms with Crippen LogP contribution in [-0.2, 0) is 59.2 Å². The first-order valence-electron chi connectivity index (χ1n) is 28.0. The number of rotatable bonds is 41. The summed E-state index contributed by atoms with van der Waals surface area (Å²) in [6.45, 7) is 0.287. The molecule has 0 radical (unpaired) electrons. The number of aliphatic carboxylic acids is 2. The third-order valence-corrected chi connectivity index (χ3v) is 14.7. The number of H-pyrrole nitrogens is 1. The van der Waals surface area contributed by atoms with Gasteiger partial charge in [0.2, 0.25) is 53.2 Å². The topological polar surface area (TPSA) is 586 Å². The van der Waals surface area contributed by atoms with E-state index in [2.05, 4.69) is 78.6 Å². The molecule has 0 aliphatic heterocycles. The van der Waals surface area contributed by atoms with Crippen molar-refractivity contribution in [2.45, 2.75) is 114 Å². The first-order valence-corrected chi connectivity index (χ1v) is 30.5. The quantitative estimate of drug-likeness (QED) is 0.0143. The van der Waals surface area contributed by atoms with Crippen molar-refractivity contribution in [1.29, 1.82) is 0 Å². The van der Waals surface area contributed by atoms with Crippen molar-refractivity contribution in [3.63, 3.8) is 0 Å². The Hall–Kier alpha value is -9.02. The van der Waals surface area contributed by atoms with Crippen LogP contribution in [0.2, 0.25) is 0 Å². The van der Waals surface area contributed by atoms with Gasteiger partial charge in [-0.25, -0.2) is 20.2 Å². The minimum Gasteiger partial charge on any atom is -0.481 e. The van der Waals surface area contributed by atoms with Gasteiger partial charge in [-0.3, -0.25) is 67.9 Å². The molecule has 91 heavy (non-hydrogen) atoms. The largest absolute Gasteiger partial charge is 0.481 e. The SMILES string of the molecule is CC(C)C(=O)NNC(=O)OCCSSCCNC(=O)CNC(=O)[C@H](CCC(=O)O)NC(=O)CNC(=O)[C@H](CCC(=O)O)NC(=O)[C@H](CCC(=O)NC[C@H](O)[C@@H](O)[C@H](O)[C@H](O)CO)NC(=O)CCCNC(=O)c1ccc(NCc2cnc3nc(N)[nH]c(=O)c3n2)cc1. The number of aromatic amines is 1. The highest BCUT2D eigenvalue weighted by Crippen LogP contribution is 2.20. The van der Waals surface area contributed by atoms with Crippen molar-refractivity contribution in [2.24, 2.45) is 5.92 Å². The lowest BCUT2D eigenvalue weighted by Gasteiger charge is -2.26. The molecule has 0 unspecified atom stereocenters. The number of nitrogen functional groups attached to an aromatic ring is 1. The zero-order valence-electron chi connectivity index (χ0n) is 49.3. The molecule has 0 fully saturated rings. The van der Waals surface area contributed by atoms with E-state index >= 15 is 0 Å². The number of aromatic nitrogens is 4. The Bertz CT molecular complexity index is 3040. The normalized spacial score (nSPS) is 13.3. The van der Waals surface area contributed by atoms with Crippen LogP contribution in [0.3, 0.4) is 0 Å². The van der Waals surface area contributed by atoms with Crippen molar-refractivity contribution >= 4 is 116 Å². The number of ether oxygens (including phenoxy) is 1. The summed E-state index contributed by atoms with van der Waals surface area (Å²) >= 11 is 0. The van der Waals surface area contributed by atoms with Gasteiger partial charge < -0.3 is 94.1 Å². The van der Waals surface area contributed by atoms with E-state index in [4.69, 9.17) is 15.6 Å². The van der Waals surface area contributed by atoms with Crippen LogP contribution in [0.5, 0.6) is 0 Å². The fourth-order valence-electron chi connectivity index (χ4n) is 7.39. The Morgan fingerprint density at radius 1 is 0.637 bits per heavy atom.